The lowest BCUT2D eigenvalue weighted by Gasteiger charge is -2.25. The molecule has 1 amide bonds. The Morgan fingerprint density at radius 3 is 2.71 bits per heavy atom. The monoisotopic (exact) mass is 489 g/mol. The first-order valence-electron chi connectivity index (χ1n) is 10.5. The minimum Gasteiger partial charge on any atom is -0.471 e. The Hall–Kier alpha value is -3.30. The van der Waals surface area contributed by atoms with Gasteiger partial charge in [0.05, 0.1) is 6.54 Å². The molecule has 1 aliphatic rings. The summed E-state index contributed by atoms with van der Waals surface area (Å²) in [5.74, 6) is -2.00. The van der Waals surface area contributed by atoms with E-state index >= 15 is 0 Å². The minimum atomic E-state index is -1.47. The van der Waals surface area contributed by atoms with Crippen molar-refractivity contribution in [3.05, 3.63) is 86.4 Å². The maximum atomic E-state index is 13.8. The van der Waals surface area contributed by atoms with Gasteiger partial charge in [0.15, 0.2) is 5.02 Å². The van der Waals surface area contributed by atoms with Crippen LogP contribution in [0.25, 0.3) is 0 Å². The number of nitrogens with zero attached hydrogens (tertiary/aromatic N) is 3. The molecule has 34 heavy (non-hydrogen) atoms. The van der Waals surface area contributed by atoms with Gasteiger partial charge in [-0.3, -0.25) is 14.2 Å². The molecule has 0 radical (unpaired) electrons. The third kappa shape index (κ3) is 4.80. The van der Waals surface area contributed by atoms with Gasteiger partial charge in [0.1, 0.15) is 30.2 Å². The van der Waals surface area contributed by atoms with Gasteiger partial charge in [-0.15, -0.1) is 0 Å². The first kappa shape index (κ1) is 23.8. The van der Waals surface area contributed by atoms with Crippen molar-refractivity contribution in [3.8, 4) is 5.88 Å². The second kappa shape index (κ2) is 9.15. The van der Waals surface area contributed by atoms with E-state index in [9.17, 15) is 23.5 Å². The molecule has 0 unspecified atom stereocenters. The van der Waals surface area contributed by atoms with Gasteiger partial charge in [-0.05, 0) is 49.6 Å². The molecule has 7 nitrogen and oxygen atoms in total. The molecular weight excluding hydrogens is 468 g/mol. The van der Waals surface area contributed by atoms with Crippen molar-refractivity contribution >= 4 is 23.2 Å². The highest BCUT2D eigenvalue weighted by atomic mass is 35.5. The van der Waals surface area contributed by atoms with Gasteiger partial charge < -0.3 is 14.7 Å². The Balaban J connectivity index is 1.49. The summed E-state index contributed by atoms with van der Waals surface area (Å²) in [6.45, 7) is 3.29. The van der Waals surface area contributed by atoms with Crippen LogP contribution in [0.3, 0.4) is 0 Å². The molecule has 0 saturated carbocycles. The number of aromatic nitrogens is 2. The molecule has 10 heteroatoms. The molecule has 1 aliphatic heterocycles. The number of aliphatic hydroxyl groups is 1. The van der Waals surface area contributed by atoms with Crippen molar-refractivity contribution in [2.75, 3.05) is 11.4 Å². The molecular formula is C24H22ClF2N3O4. The number of anilines is 1. The smallest absolute Gasteiger partial charge is 0.276 e. The molecule has 3 aromatic rings. The Bertz CT molecular complexity index is 1320. The topological polar surface area (TPSA) is 84.7 Å². The summed E-state index contributed by atoms with van der Waals surface area (Å²) < 4.78 is 33.5. The maximum absolute atomic E-state index is 13.8. The fourth-order valence-electron chi connectivity index (χ4n) is 3.74. The van der Waals surface area contributed by atoms with Crippen molar-refractivity contribution in [2.45, 2.75) is 39.0 Å². The summed E-state index contributed by atoms with van der Waals surface area (Å²) in [4.78, 5) is 30.8. The summed E-state index contributed by atoms with van der Waals surface area (Å²) in [6.07, 6.45) is 1.91. The van der Waals surface area contributed by atoms with Gasteiger partial charge in [-0.25, -0.2) is 13.8 Å². The van der Waals surface area contributed by atoms with Crippen LogP contribution >= 0.6 is 11.6 Å². The highest BCUT2D eigenvalue weighted by Crippen LogP contribution is 2.31. The molecule has 1 N–H and O–H groups in total. The summed E-state index contributed by atoms with van der Waals surface area (Å²) in [7, 11) is 0. The largest absolute Gasteiger partial charge is 0.471 e. The lowest BCUT2D eigenvalue weighted by Crippen LogP contribution is -2.44. The van der Waals surface area contributed by atoms with Crippen LogP contribution < -0.4 is 15.2 Å². The fraction of sp³-hybridized carbons (Fsp3) is 0.292. The van der Waals surface area contributed by atoms with E-state index < -0.39 is 22.8 Å². The number of ether oxygens (including phenoxy) is 1. The first-order valence-corrected chi connectivity index (χ1v) is 10.9. The van der Waals surface area contributed by atoms with Crippen LogP contribution in [-0.4, -0.2) is 32.7 Å². The second-order valence-electron chi connectivity index (χ2n) is 8.55. The zero-order valence-electron chi connectivity index (χ0n) is 18.5. The number of carbonyl (C=O) groups excluding carboxylic acids is 1. The van der Waals surface area contributed by atoms with Crippen LogP contribution in [0.4, 0.5) is 14.5 Å². The Kier molecular flexibility index (Phi) is 6.42. The molecule has 1 aromatic heterocycles. The zero-order chi connectivity index (χ0) is 24.6. The van der Waals surface area contributed by atoms with E-state index in [1.165, 1.54) is 30.8 Å². The number of hydrogen-bond donors (Lipinski definition) is 1. The van der Waals surface area contributed by atoms with Crippen molar-refractivity contribution in [3.63, 3.8) is 0 Å². The van der Waals surface area contributed by atoms with Gasteiger partial charge in [0.25, 0.3) is 11.5 Å². The summed E-state index contributed by atoms with van der Waals surface area (Å²) in [5.41, 5.74) is 0.560. The predicted molar refractivity (Wildman–Crippen MR) is 122 cm³/mol. The predicted octanol–water partition coefficient (Wildman–Crippen LogP) is 3.46. The SMILES string of the molecule is CC(C)(O)C(=O)N1CCc2cc(Cn3cnc(OCc4ccc(F)cc4F)c(Cl)c3=O)ccc21. The van der Waals surface area contributed by atoms with Crippen molar-refractivity contribution < 1.29 is 23.4 Å². The van der Waals surface area contributed by atoms with E-state index in [0.717, 1.165) is 28.9 Å². The molecule has 0 saturated heterocycles. The van der Waals surface area contributed by atoms with Crippen LogP contribution in [0, 0.1) is 11.6 Å². The van der Waals surface area contributed by atoms with Crippen LogP contribution in [0.5, 0.6) is 5.88 Å². The second-order valence-corrected chi connectivity index (χ2v) is 8.93. The van der Waals surface area contributed by atoms with Crippen LogP contribution in [0.2, 0.25) is 5.02 Å². The average molecular weight is 490 g/mol. The number of benzene rings is 2. The molecule has 0 fully saturated rings. The Labute approximate surface area is 199 Å². The van der Waals surface area contributed by atoms with Gasteiger partial charge in [-0.2, -0.15) is 0 Å². The van der Waals surface area contributed by atoms with Gasteiger partial charge in [0, 0.05) is 23.9 Å². The highest BCUT2D eigenvalue weighted by Gasteiger charge is 2.34. The van der Waals surface area contributed by atoms with E-state index in [2.05, 4.69) is 4.98 Å². The molecule has 0 spiro atoms. The molecule has 0 atom stereocenters. The Morgan fingerprint density at radius 1 is 1.24 bits per heavy atom. The molecule has 2 heterocycles. The van der Waals surface area contributed by atoms with Gasteiger partial charge in [-0.1, -0.05) is 23.7 Å². The van der Waals surface area contributed by atoms with E-state index in [1.54, 1.807) is 17.0 Å². The minimum absolute atomic E-state index is 0.0960. The van der Waals surface area contributed by atoms with Gasteiger partial charge >= 0.3 is 0 Å². The van der Waals surface area contributed by atoms with E-state index in [4.69, 9.17) is 16.3 Å². The normalized spacial score (nSPS) is 13.2. The maximum Gasteiger partial charge on any atom is 0.276 e. The number of amides is 1. The summed E-state index contributed by atoms with van der Waals surface area (Å²) in [5, 5.41) is 9.78. The van der Waals surface area contributed by atoms with Crippen molar-refractivity contribution in [1.82, 2.24) is 9.55 Å². The molecule has 4 rings (SSSR count). The van der Waals surface area contributed by atoms with Crippen molar-refractivity contribution in [2.24, 2.45) is 0 Å². The van der Waals surface area contributed by atoms with E-state index in [-0.39, 0.29) is 35.5 Å². The van der Waals surface area contributed by atoms with Crippen LogP contribution in [0.1, 0.15) is 30.5 Å². The standard InChI is InChI=1S/C24H22ClF2N3O4/c1-24(2,33)23(32)30-8-7-15-9-14(3-6-19(15)30)11-29-13-28-21(20(25)22(29)31)34-12-16-4-5-17(26)10-18(16)27/h3-6,9-10,13,33H,7-8,11-12H2,1-2H3. The van der Waals surface area contributed by atoms with Crippen LogP contribution in [-0.2, 0) is 24.4 Å². The molecule has 0 bridgehead atoms. The summed E-state index contributed by atoms with van der Waals surface area (Å²) in [6, 6.07) is 8.55. The quantitative estimate of drug-likeness (QED) is 0.573. The van der Waals surface area contributed by atoms with E-state index in [0.29, 0.717) is 13.0 Å². The lowest BCUT2D eigenvalue weighted by molar-refractivity contribution is -0.133. The number of rotatable bonds is 6. The number of halogens is 3. The number of hydrogen-bond acceptors (Lipinski definition) is 5. The lowest BCUT2D eigenvalue weighted by atomic mass is 10.1. The van der Waals surface area contributed by atoms with Crippen molar-refractivity contribution in [1.29, 1.82) is 0 Å². The zero-order valence-corrected chi connectivity index (χ0v) is 19.3. The molecule has 0 aliphatic carbocycles. The Morgan fingerprint density at radius 2 is 2.00 bits per heavy atom. The number of carbonyl (C=O) groups is 1. The summed E-state index contributed by atoms with van der Waals surface area (Å²) >= 11 is 6.14. The highest BCUT2D eigenvalue weighted by molar-refractivity contribution is 6.31. The third-order valence-corrected chi connectivity index (χ3v) is 5.81. The third-order valence-electron chi connectivity index (χ3n) is 5.49. The average Bonchev–Trinajstić information content (AvgIpc) is 3.19. The fourth-order valence-corrected chi connectivity index (χ4v) is 3.95. The van der Waals surface area contributed by atoms with Gasteiger partial charge in [0.2, 0.25) is 5.88 Å². The number of fused-ring (bicyclic) bond motifs is 1. The molecule has 178 valence electrons. The van der Waals surface area contributed by atoms with E-state index in [1.807, 2.05) is 6.07 Å². The first-order chi connectivity index (χ1) is 16.0. The molecule has 2 aromatic carbocycles. The van der Waals surface area contributed by atoms with Crippen LogP contribution in [0.15, 0.2) is 47.5 Å².